The van der Waals surface area contributed by atoms with Crippen LogP contribution in [-0.2, 0) is 0 Å². The molecule has 0 aliphatic heterocycles. The van der Waals surface area contributed by atoms with Crippen molar-refractivity contribution in [2.24, 2.45) is 0 Å². The minimum atomic E-state index is -0.602. The summed E-state index contributed by atoms with van der Waals surface area (Å²) in [5, 5.41) is 18.3. The van der Waals surface area contributed by atoms with E-state index in [0.29, 0.717) is 11.0 Å². The molecule has 1 aliphatic rings. The van der Waals surface area contributed by atoms with Gasteiger partial charge in [0.15, 0.2) is 0 Å². The fourth-order valence-corrected chi connectivity index (χ4v) is 2.17. The second kappa shape index (κ2) is 5.90. The van der Waals surface area contributed by atoms with Crippen molar-refractivity contribution in [2.75, 3.05) is 0 Å². The number of fused-ring (bicyclic) bond motifs is 2. The summed E-state index contributed by atoms with van der Waals surface area (Å²) >= 11 is 0. The Bertz CT molecular complexity index is 1090. The zero-order chi connectivity index (χ0) is 16.2. The Morgan fingerprint density at radius 1 is 1.17 bits per heavy atom. The number of nitrogens with zero attached hydrogens (tertiary/aromatic N) is 2. The highest BCUT2D eigenvalue weighted by atomic mass is 16.4. The molecular weight excluding hydrogens is 288 g/mol. The monoisotopic (exact) mass is 296 g/mol. The summed E-state index contributed by atoms with van der Waals surface area (Å²) in [6.45, 7) is 0. The minimum Gasteiger partial charge on any atom is -0.422 e. The van der Waals surface area contributed by atoms with Gasteiger partial charge in [0.25, 0.3) is 0 Å². The van der Waals surface area contributed by atoms with Crippen molar-refractivity contribution in [1.82, 2.24) is 0 Å². The third-order valence-corrected chi connectivity index (χ3v) is 3.25. The average Bonchev–Trinajstić information content (AvgIpc) is 2.53. The lowest BCUT2D eigenvalue weighted by Crippen LogP contribution is -2.03. The molecule has 1 aromatic carbocycles. The van der Waals surface area contributed by atoms with Crippen molar-refractivity contribution in [2.45, 2.75) is 0 Å². The van der Waals surface area contributed by atoms with E-state index in [9.17, 15) is 4.79 Å². The highest BCUT2D eigenvalue weighted by Crippen LogP contribution is 2.22. The summed E-state index contributed by atoms with van der Waals surface area (Å²) in [6.07, 6.45) is 8.59. The summed E-state index contributed by atoms with van der Waals surface area (Å²) in [7, 11) is 0. The van der Waals surface area contributed by atoms with Gasteiger partial charge in [-0.15, -0.1) is 0 Å². The van der Waals surface area contributed by atoms with E-state index in [0.717, 1.165) is 11.1 Å². The molecule has 0 N–H and O–H groups in total. The van der Waals surface area contributed by atoms with Crippen LogP contribution in [-0.4, -0.2) is 0 Å². The quantitative estimate of drug-likeness (QED) is 0.460. The molecule has 0 saturated carbocycles. The summed E-state index contributed by atoms with van der Waals surface area (Å²) < 4.78 is 5.29. The van der Waals surface area contributed by atoms with Gasteiger partial charge < -0.3 is 4.42 Å². The van der Waals surface area contributed by atoms with Gasteiger partial charge in [-0.1, -0.05) is 30.1 Å². The molecule has 3 rings (SSSR count). The molecule has 0 atom stereocenters. The lowest BCUT2D eigenvalue weighted by Gasteiger charge is -2.04. The molecule has 4 heteroatoms. The number of hydrogen-bond acceptors (Lipinski definition) is 4. The molecule has 0 unspecified atom stereocenters. The molecular formula is C19H8N2O2. The van der Waals surface area contributed by atoms with Crippen LogP contribution < -0.4 is 5.63 Å². The van der Waals surface area contributed by atoms with Crippen molar-refractivity contribution in [3.63, 3.8) is 0 Å². The fraction of sp³-hybridized carbons (Fsp3) is 0. The first-order valence-corrected chi connectivity index (χ1v) is 6.70. The van der Waals surface area contributed by atoms with Gasteiger partial charge in [0.1, 0.15) is 23.3 Å². The van der Waals surface area contributed by atoms with Gasteiger partial charge in [-0.25, -0.2) is 4.79 Å². The molecule has 0 bridgehead atoms. The minimum absolute atomic E-state index is 0.154. The second-order valence-electron chi connectivity index (χ2n) is 4.74. The average molecular weight is 296 g/mol. The normalized spacial score (nSPS) is 14.0. The van der Waals surface area contributed by atoms with E-state index >= 15 is 0 Å². The van der Waals surface area contributed by atoms with Crippen LogP contribution in [0.3, 0.4) is 0 Å². The van der Waals surface area contributed by atoms with Crippen LogP contribution in [0.1, 0.15) is 16.7 Å². The first kappa shape index (κ1) is 14.1. The van der Waals surface area contributed by atoms with Gasteiger partial charge in [-0.3, -0.25) is 0 Å². The number of rotatable bonds is 1. The van der Waals surface area contributed by atoms with E-state index in [1.165, 1.54) is 6.08 Å². The molecule has 0 spiro atoms. The molecule has 1 aliphatic carbocycles. The van der Waals surface area contributed by atoms with Gasteiger partial charge >= 0.3 is 5.63 Å². The number of allylic oxidation sites excluding steroid dienone is 4. The molecule has 0 saturated heterocycles. The maximum atomic E-state index is 12.0. The van der Waals surface area contributed by atoms with Crippen LogP contribution in [0.4, 0.5) is 0 Å². The van der Waals surface area contributed by atoms with Crippen molar-refractivity contribution in [3.8, 4) is 24.0 Å². The first-order valence-electron chi connectivity index (χ1n) is 6.70. The summed E-state index contributed by atoms with van der Waals surface area (Å²) in [6, 6.07) is 8.62. The Hall–Kier alpha value is -3.81. The van der Waals surface area contributed by atoms with E-state index in [-0.39, 0.29) is 11.1 Å². The molecule has 2 aromatic rings. The lowest BCUT2D eigenvalue weighted by atomic mass is 10.0. The van der Waals surface area contributed by atoms with Crippen LogP contribution in [0.15, 0.2) is 51.2 Å². The van der Waals surface area contributed by atoms with Crippen molar-refractivity contribution in [1.29, 1.82) is 10.5 Å². The Balaban J connectivity index is 2.25. The predicted molar refractivity (Wildman–Crippen MR) is 86.7 cm³/mol. The maximum absolute atomic E-state index is 12.0. The third-order valence-electron chi connectivity index (χ3n) is 3.25. The molecule has 23 heavy (non-hydrogen) atoms. The molecule has 0 fully saturated rings. The predicted octanol–water partition coefficient (Wildman–Crippen LogP) is 3.16. The van der Waals surface area contributed by atoms with E-state index in [1.807, 2.05) is 24.3 Å². The van der Waals surface area contributed by atoms with Crippen LogP contribution in [0, 0.1) is 34.5 Å². The van der Waals surface area contributed by atoms with E-state index in [4.69, 9.17) is 14.9 Å². The number of benzene rings is 1. The second-order valence-corrected chi connectivity index (χ2v) is 4.74. The number of nitriles is 2. The van der Waals surface area contributed by atoms with Gasteiger partial charge in [0.2, 0.25) is 0 Å². The number of hydrogen-bond donors (Lipinski definition) is 0. The topological polar surface area (TPSA) is 77.8 Å². The van der Waals surface area contributed by atoms with Crippen LogP contribution >= 0.6 is 0 Å². The zero-order valence-corrected chi connectivity index (χ0v) is 11.8. The van der Waals surface area contributed by atoms with Gasteiger partial charge in [-0.2, -0.15) is 10.5 Å². The summed E-state index contributed by atoms with van der Waals surface area (Å²) in [4.78, 5) is 12.0. The van der Waals surface area contributed by atoms with Crippen molar-refractivity contribution in [3.05, 3.63) is 69.1 Å². The highest BCUT2D eigenvalue weighted by Gasteiger charge is 2.08. The maximum Gasteiger partial charge on any atom is 0.343 e. The van der Waals surface area contributed by atoms with Crippen LogP contribution in [0.2, 0.25) is 0 Å². The molecule has 0 radical (unpaired) electrons. The van der Waals surface area contributed by atoms with E-state index in [1.54, 1.807) is 30.3 Å². The van der Waals surface area contributed by atoms with Gasteiger partial charge in [0.05, 0.1) is 5.56 Å². The van der Waals surface area contributed by atoms with Gasteiger partial charge in [0, 0.05) is 10.9 Å². The van der Waals surface area contributed by atoms with E-state index in [2.05, 4.69) is 11.8 Å². The SMILES string of the molecule is N#CC(C#N)=Cc1cc2cc3c(cc2oc1=O)C#C/C=C\C=C/3. The molecule has 1 aromatic heterocycles. The first-order chi connectivity index (χ1) is 11.2. The Morgan fingerprint density at radius 2 is 2.00 bits per heavy atom. The fourth-order valence-electron chi connectivity index (χ4n) is 2.17. The molecule has 0 amide bonds. The zero-order valence-electron chi connectivity index (χ0n) is 11.8. The van der Waals surface area contributed by atoms with Crippen molar-refractivity contribution < 1.29 is 4.42 Å². The van der Waals surface area contributed by atoms with E-state index < -0.39 is 5.63 Å². The Morgan fingerprint density at radius 3 is 2.78 bits per heavy atom. The Labute approximate surface area is 131 Å². The lowest BCUT2D eigenvalue weighted by molar-refractivity contribution is 0.559. The smallest absolute Gasteiger partial charge is 0.343 e. The van der Waals surface area contributed by atoms with Crippen LogP contribution in [0.25, 0.3) is 23.1 Å². The molecule has 1 heterocycles. The standard InChI is InChI=1S/C19H8N2O2/c20-11-13(12-21)7-17-9-16-8-14-5-3-1-2-4-6-15(14)10-18(16)23-19(17)22/h1-3,5,7-10H/b2-1-,3-1?,5-3-,14-5?. The largest absolute Gasteiger partial charge is 0.422 e. The third kappa shape index (κ3) is 2.81. The molecule has 4 nitrogen and oxygen atoms in total. The summed E-state index contributed by atoms with van der Waals surface area (Å²) in [5.41, 5.74) is 1.48. The van der Waals surface area contributed by atoms with Crippen molar-refractivity contribution >= 4 is 23.1 Å². The highest BCUT2D eigenvalue weighted by molar-refractivity contribution is 5.85. The Kier molecular flexibility index (Phi) is 3.63. The summed E-state index contributed by atoms with van der Waals surface area (Å²) in [5.74, 6) is 5.89. The van der Waals surface area contributed by atoms with Crippen LogP contribution in [0.5, 0.6) is 0 Å². The molecule has 106 valence electrons. The van der Waals surface area contributed by atoms with Gasteiger partial charge in [-0.05, 0) is 35.9 Å².